The SMILES string of the molecule is Cc1ccc(NS(=O)(=O)c2ccc(C(=O)Nc3ccc(C)c([N+](=O)[O-])c3)cc2)cc1. The highest BCUT2D eigenvalue weighted by atomic mass is 32.2. The summed E-state index contributed by atoms with van der Waals surface area (Å²) >= 11 is 0. The van der Waals surface area contributed by atoms with Crippen LogP contribution in [0.2, 0.25) is 0 Å². The molecule has 0 unspecified atom stereocenters. The first-order valence-electron chi connectivity index (χ1n) is 8.92. The number of sulfonamides is 1. The fraction of sp³-hybridized carbons (Fsp3) is 0.0952. The number of rotatable bonds is 6. The van der Waals surface area contributed by atoms with Crippen LogP contribution < -0.4 is 10.0 Å². The van der Waals surface area contributed by atoms with Gasteiger partial charge in [-0.25, -0.2) is 8.42 Å². The molecule has 154 valence electrons. The Kier molecular flexibility index (Phi) is 5.84. The molecular formula is C21H19N3O5S. The van der Waals surface area contributed by atoms with Crippen molar-refractivity contribution in [1.82, 2.24) is 0 Å². The van der Waals surface area contributed by atoms with Gasteiger partial charge in [0, 0.05) is 28.6 Å². The highest BCUT2D eigenvalue weighted by Gasteiger charge is 2.16. The van der Waals surface area contributed by atoms with Gasteiger partial charge in [0.05, 0.1) is 9.82 Å². The lowest BCUT2D eigenvalue weighted by Crippen LogP contribution is -2.15. The molecule has 0 aliphatic rings. The summed E-state index contributed by atoms with van der Waals surface area (Å²) in [6.45, 7) is 3.50. The van der Waals surface area contributed by atoms with Gasteiger partial charge in [0.2, 0.25) is 0 Å². The van der Waals surface area contributed by atoms with Gasteiger partial charge in [0.1, 0.15) is 0 Å². The Labute approximate surface area is 173 Å². The van der Waals surface area contributed by atoms with E-state index >= 15 is 0 Å². The Morgan fingerprint density at radius 2 is 1.50 bits per heavy atom. The first-order chi connectivity index (χ1) is 14.2. The van der Waals surface area contributed by atoms with Crippen molar-refractivity contribution in [3.05, 3.63) is 93.5 Å². The van der Waals surface area contributed by atoms with Crippen LogP contribution in [0.1, 0.15) is 21.5 Å². The summed E-state index contributed by atoms with van der Waals surface area (Å²) in [6.07, 6.45) is 0. The third-order valence-corrected chi connectivity index (χ3v) is 5.79. The predicted molar refractivity (Wildman–Crippen MR) is 114 cm³/mol. The highest BCUT2D eigenvalue weighted by molar-refractivity contribution is 7.92. The van der Waals surface area contributed by atoms with Crippen molar-refractivity contribution in [1.29, 1.82) is 0 Å². The molecule has 0 aliphatic carbocycles. The van der Waals surface area contributed by atoms with Crippen LogP contribution in [0.25, 0.3) is 0 Å². The van der Waals surface area contributed by atoms with Crippen LogP contribution in [0.3, 0.4) is 0 Å². The second-order valence-corrected chi connectivity index (χ2v) is 8.39. The largest absolute Gasteiger partial charge is 0.322 e. The molecule has 0 aliphatic heterocycles. The molecule has 0 aromatic heterocycles. The van der Waals surface area contributed by atoms with Gasteiger partial charge in [-0.15, -0.1) is 0 Å². The molecule has 0 fully saturated rings. The number of nitro groups is 1. The summed E-state index contributed by atoms with van der Waals surface area (Å²) < 4.78 is 27.5. The van der Waals surface area contributed by atoms with Crippen molar-refractivity contribution in [2.75, 3.05) is 10.0 Å². The Balaban J connectivity index is 1.74. The molecule has 3 rings (SSSR count). The first-order valence-corrected chi connectivity index (χ1v) is 10.4. The first kappa shape index (κ1) is 21.0. The topological polar surface area (TPSA) is 118 Å². The summed E-state index contributed by atoms with van der Waals surface area (Å²) in [4.78, 5) is 22.9. The van der Waals surface area contributed by atoms with Crippen LogP contribution in [0.4, 0.5) is 17.1 Å². The molecule has 9 heteroatoms. The van der Waals surface area contributed by atoms with Crippen molar-refractivity contribution in [2.24, 2.45) is 0 Å². The predicted octanol–water partition coefficient (Wildman–Crippen LogP) is 4.26. The number of aryl methyl sites for hydroxylation is 2. The summed E-state index contributed by atoms with van der Waals surface area (Å²) in [5.41, 5.74) is 2.31. The van der Waals surface area contributed by atoms with Crippen LogP contribution in [0.15, 0.2) is 71.6 Å². The standard InChI is InChI=1S/C21H19N3O5S/c1-14-3-8-17(9-4-14)23-30(28,29)19-11-6-16(7-12-19)21(25)22-18-10-5-15(2)20(13-18)24(26)27/h3-13,23H,1-2H3,(H,22,25). The third-order valence-electron chi connectivity index (χ3n) is 4.39. The summed E-state index contributed by atoms with van der Waals surface area (Å²) in [7, 11) is -3.80. The van der Waals surface area contributed by atoms with Gasteiger partial charge < -0.3 is 5.32 Å². The van der Waals surface area contributed by atoms with Gasteiger partial charge >= 0.3 is 0 Å². The van der Waals surface area contributed by atoms with Crippen molar-refractivity contribution < 1.29 is 18.1 Å². The number of carbonyl (C=O) groups is 1. The van der Waals surface area contributed by atoms with Crippen LogP contribution in [-0.4, -0.2) is 19.2 Å². The maximum Gasteiger partial charge on any atom is 0.274 e. The quantitative estimate of drug-likeness (QED) is 0.452. The molecule has 2 N–H and O–H groups in total. The van der Waals surface area contributed by atoms with Crippen molar-refractivity contribution in [3.63, 3.8) is 0 Å². The van der Waals surface area contributed by atoms with Gasteiger partial charge in [0.25, 0.3) is 21.6 Å². The molecule has 0 atom stereocenters. The molecule has 0 saturated heterocycles. The van der Waals surface area contributed by atoms with Crippen LogP contribution in [0, 0.1) is 24.0 Å². The highest BCUT2D eigenvalue weighted by Crippen LogP contribution is 2.23. The van der Waals surface area contributed by atoms with E-state index in [-0.39, 0.29) is 21.8 Å². The molecule has 0 radical (unpaired) electrons. The molecule has 8 nitrogen and oxygen atoms in total. The number of carbonyl (C=O) groups excluding carboxylic acids is 1. The maximum absolute atomic E-state index is 12.5. The Hall–Kier alpha value is -3.72. The maximum atomic E-state index is 12.5. The molecule has 0 bridgehead atoms. The van der Waals surface area contributed by atoms with E-state index in [0.29, 0.717) is 11.3 Å². The zero-order chi connectivity index (χ0) is 21.9. The Bertz CT molecular complexity index is 1200. The fourth-order valence-corrected chi connectivity index (χ4v) is 3.77. The minimum absolute atomic E-state index is 0.00518. The zero-order valence-electron chi connectivity index (χ0n) is 16.2. The second kappa shape index (κ2) is 8.34. The molecule has 0 saturated carbocycles. The van der Waals surface area contributed by atoms with E-state index in [4.69, 9.17) is 0 Å². The van der Waals surface area contributed by atoms with Crippen molar-refractivity contribution in [2.45, 2.75) is 18.7 Å². The smallest absolute Gasteiger partial charge is 0.274 e. The van der Waals surface area contributed by atoms with Gasteiger partial charge in [-0.3, -0.25) is 19.6 Å². The van der Waals surface area contributed by atoms with E-state index in [2.05, 4.69) is 10.0 Å². The van der Waals surface area contributed by atoms with Gasteiger partial charge in [-0.2, -0.15) is 0 Å². The van der Waals surface area contributed by atoms with E-state index in [0.717, 1.165) is 5.56 Å². The average Bonchev–Trinajstić information content (AvgIpc) is 2.71. The lowest BCUT2D eigenvalue weighted by atomic mass is 10.1. The van der Waals surface area contributed by atoms with Gasteiger partial charge in [-0.05, 0) is 56.3 Å². The molecule has 1 amide bonds. The minimum Gasteiger partial charge on any atom is -0.322 e. The zero-order valence-corrected chi connectivity index (χ0v) is 17.1. The molecule has 0 spiro atoms. The number of nitrogens with one attached hydrogen (secondary N) is 2. The molecule has 3 aromatic rings. The van der Waals surface area contributed by atoms with Crippen LogP contribution >= 0.6 is 0 Å². The van der Waals surface area contributed by atoms with Crippen LogP contribution in [0.5, 0.6) is 0 Å². The van der Waals surface area contributed by atoms with E-state index < -0.39 is 20.9 Å². The molecule has 3 aromatic carbocycles. The Morgan fingerprint density at radius 1 is 0.900 bits per heavy atom. The lowest BCUT2D eigenvalue weighted by molar-refractivity contribution is -0.385. The van der Waals surface area contributed by atoms with Crippen molar-refractivity contribution in [3.8, 4) is 0 Å². The molecule has 0 heterocycles. The molecular weight excluding hydrogens is 406 g/mol. The number of nitro benzene ring substituents is 1. The van der Waals surface area contributed by atoms with E-state index in [1.807, 2.05) is 6.92 Å². The number of hydrogen-bond donors (Lipinski definition) is 2. The number of anilines is 2. The third kappa shape index (κ3) is 4.81. The summed E-state index contributed by atoms with van der Waals surface area (Å²) in [6, 6.07) is 16.7. The number of amides is 1. The van der Waals surface area contributed by atoms with Gasteiger partial charge in [0.15, 0.2) is 0 Å². The number of benzene rings is 3. The monoisotopic (exact) mass is 425 g/mol. The second-order valence-electron chi connectivity index (χ2n) is 6.71. The Morgan fingerprint density at radius 3 is 2.10 bits per heavy atom. The number of hydrogen-bond acceptors (Lipinski definition) is 5. The van der Waals surface area contributed by atoms with Crippen LogP contribution in [-0.2, 0) is 10.0 Å². The number of nitrogens with zero attached hydrogens (tertiary/aromatic N) is 1. The fourth-order valence-electron chi connectivity index (χ4n) is 2.71. The minimum atomic E-state index is -3.80. The van der Waals surface area contributed by atoms with E-state index in [9.17, 15) is 23.3 Å². The van der Waals surface area contributed by atoms with Gasteiger partial charge in [-0.1, -0.05) is 23.8 Å². The lowest BCUT2D eigenvalue weighted by Gasteiger charge is -2.10. The average molecular weight is 425 g/mol. The summed E-state index contributed by atoms with van der Waals surface area (Å²) in [5, 5.41) is 13.6. The van der Waals surface area contributed by atoms with Crippen molar-refractivity contribution >= 4 is 33.0 Å². The molecule has 30 heavy (non-hydrogen) atoms. The van der Waals surface area contributed by atoms with E-state index in [1.165, 1.54) is 30.3 Å². The summed E-state index contributed by atoms with van der Waals surface area (Å²) in [5.74, 6) is -0.511. The van der Waals surface area contributed by atoms with E-state index in [1.54, 1.807) is 43.3 Å². The normalized spacial score (nSPS) is 11.0.